The lowest BCUT2D eigenvalue weighted by Crippen LogP contribution is -2.10. The van der Waals surface area contributed by atoms with E-state index >= 15 is 0 Å². The van der Waals surface area contributed by atoms with Gasteiger partial charge in [-0.25, -0.2) is 4.79 Å². The lowest BCUT2D eigenvalue weighted by Gasteiger charge is -2.11. The van der Waals surface area contributed by atoms with Crippen molar-refractivity contribution in [3.05, 3.63) is 29.3 Å². The number of ether oxygens (including phenoxy) is 2. The van der Waals surface area contributed by atoms with E-state index in [4.69, 9.17) is 14.7 Å². The van der Waals surface area contributed by atoms with E-state index in [9.17, 15) is 4.79 Å². The van der Waals surface area contributed by atoms with Gasteiger partial charge >= 0.3 is 5.97 Å². The third kappa shape index (κ3) is 3.22. The molecule has 0 amide bonds. The van der Waals surface area contributed by atoms with E-state index in [1.165, 1.54) is 7.11 Å². The highest BCUT2D eigenvalue weighted by atomic mass is 16.5. The summed E-state index contributed by atoms with van der Waals surface area (Å²) in [6, 6.07) is 7.38. The van der Waals surface area contributed by atoms with Gasteiger partial charge in [0.15, 0.2) is 0 Å². The monoisotopic (exact) mass is 233 g/mol. The molecule has 0 bridgehead atoms. The first-order valence-electron chi connectivity index (χ1n) is 5.44. The second kappa shape index (κ2) is 6.54. The zero-order chi connectivity index (χ0) is 12.7. The summed E-state index contributed by atoms with van der Waals surface area (Å²) in [5.41, 5.74) is 1.21. The standard InChI is InChI=1S/C13H15NO3/c1-3-17-13(15)12-10(7-5-9-14)6-4-8-11(12)16-2/h4,6,8H,3,5,7H2,1-2H3. The quantitative estimate of drug-likeness (QED) is 0.732. The van der Waals surface area contributed by atoms with Crippen LogP contribution in [-0.4, -0.2) is 19.7 Å². The molecule has 0 heterocycles. The first kappa shape index (κ1) is 13.0. The highest BCUT2D eigenvalue weighted by Gasteiger charge is 2.17. The molecule has 0 radical (unpaired) electrons. The van der Waals surface area contributed by atoms with Crippen molar-refractivity contribution in [1.82, 2.24) is 0 Å². The van der Waals surface area contributed by atoms with Crippen molar-refractivity contribution in [2.45, 2.75) is 19.8 Å². The van der Waals surface area contributed by atoms with Crippen molar-refractivity contribution in [2.75, 3.05) is 13.7 Å². The zero-order valence-corrected chi connectivity index (χ0v) is 10.0. The van der Waals surface area contributed by atoms with E-state index in [1.54, 1.807) is 19.1 Å². The van der Waals surface area contributed by atoms with Crippen molar-refractivity contribution in [3.8, 4) is 11.8 Å². The molecule has 4 nitrogen and oxygen atoms in total. The first-order valence-corrected chi connectivity index (χ1v) is 5.44. The Bertz CT molecular complexity index is 435. The predicted octanol–water partition coefficient (Wildman–Crippen LogP) is 2.33. The molecule has 1 aromatic carbocycles. The number of esters is 1. The van der Waals surface area contributed by atoms with Crippen LogP contribution in [0.1, 0.15) is 29.3 Å². The number of rotatable bonds is 5. The fraction of sp³-hybridized carbons (Fsp3) is 0.385. The van der Waals surface area contributed by atoms with Crippen molar-refractivity contribution in [1.29, 1.82) is 5.26 Å². The molecular formula is C13H15NO3. The zero-order valence-electron chi connectivity index (χ0n) is 10.0. The summed E-state index contributed by atoms with van der Waals surface area (Å²) in [5, 5.41) is 8.59. The molecule has 0 spiro atoms. The number of nitrogens with zero attached hydrogens (tertiary/aromatic N) is 1. The van der Waals surface area contributed by atoms with Crippen LogP contribution in [0.25, 0.3) is 0 Å². The fourth-order valence-electron chi connectivity index (χ4n) is 1.58. The molecule has 0 aliphatic carbocycles. The number of benzene rings is 1. The van der Waals surface area contributed by atoms with Gasteiger partial charge in [0, 0.05) is 6.42 Å². The summed E-state index contributed by atoms with van der Waals surface area (Å²) in [7, 11) is 1.51. The highest BCUT2D eigenvalue weighted by Crippen LogP contribution is 2.24. The maximum atomic E-state index is 11.8. The molecule has 0 aromatic heterocycles. The van der Waals surface area contributed by atoms with E-state index in [0.29, 0.717) is 30.8 Å². The van der Waals surface area contributed by atoms with Gasteiger partial charge in [0.2, 0.25) is 0 Å². The number of hydrogen-bond donors (Lipinski definition) is 0. The Morgan fingerprint density at radius 1 is 1.47 bits per heavy atom. The number of nitriles is 1. The second-order valence-corrected chi connectivity index (χ2v) is 3.37. The number of carbonyl (C=O) groups excluding carboxylic acids is 1. The number of methoxy groups -OCH3 is 1. The average Bonchev–Trinajstić information content (AvgIpc) is 2.35. The maximum Gasteiger partial charge on any atom is 0.342 e. The molecule has 0 saturated heterocycles. The van der Waals surface area contributed by atoms with Crippen LogP contribution in [0.15, 0.2) is 18.2 Å². The SMILES string of the molecule is CCOC(=O)c1c(CCC#N)cccc1OC. The van der Waals surface area contributed by atoms with Crippen LogP contribution in [0.4, 0.5) is 0 Å². The average molecular weight is 233 g/mol. The van der Waals surface area contributed by atoms with Gasteiger partial charge in [-0.05, 0) is 25.0 Å². The largest absolute Gasteiger partial charge is 0.496 e. The van der Waals surface area contributed by atoms with Crippen molar-refractivity contribution in [2.24, 2.45) is 0 Å². The van der Waals surface area contributed by atoms with E-state index in [2.05, 4.69) is 6.07 Å². The van der Waals surface area contributed by atoms with Crippen LogP contribution >= 0.6 is 0 Å². The summed E-state index contributed by atoms with van der Waals surface area (Å²) < 4.78 is 10.1. The number of carbonyl (C=O) groups is 1. The first-order chi connectivity index (χ1) is 8.24. The smallest absolute Gasteiger partial charge is 0.342 e. The highest BCUT2D eigenvalue weighted by molar-refractivity contribution is 5.94. The van der Waals surface area contributed by atoms with Gasteiger partial charge in [-0.3, -0.25) is 0 Å². The van der Waals surface area contributed by atoms with Crippen molar-refractivity contribution in [3.63, 3.8) is 0 Å². The minimum atomic E-state index is -0.405. The number of hydrogen-bond acceptors (Lipinski definition) is 4. The second-order valence-electron chi connectivity index (χ2n) is 3.37. The van der Waals surface area contributed by atoms with Crippen LogP contribution in [0.5, 0.6) is 5.75 Å². The van der Waals surface area contributed by atoms with Crippen LogP contribution in [0, 0.1) is 11.3 Å². The molecule has 17 heavy (non-hydrogen) atoms. The Morgan fingerprint density at radius 2 is 2.24 bits per heavy atom. The lowest BCUT2D eigenvalue weighted by molar-refractivity contribution is 0.0521. The molecule has 1 aromatic rings. The third-order valence-electron chi connectivity index (χ3n) is 2.32. The summed E-state index contributed by atoms with van der Waals surface area (Å²) in [6.45, 7) is 2.07. The van der Waals surface area contributed by atoms with Gasteiger partial charge < -0.3 is 9.47 Å². The van der Waals surface area contributed by atoms with Gasteiger partial charge in [0.05, 0.1) is 19.8 Å². The fourth-order valence-corrected chi connectivity index (χ4v) is 1.58. The normalized spacial score (nSPS) is 9.47. The Balaban J connectivity index is 3.11. The lowest BCUT2D eigenvalue weighted by atomic mass is 10.0. The van der Waals surface area contributed by atoms with Crippen LogP contribution < -0.4 is 4.74 Å². The van der Waals surface area contributed by atoms with Gasteiger partial charge in [-0.1, -0.05) is 12.1 Å². The Morgan fingerprint density at radius 3 is 2.82 bits per heavy atom. The Labute approximate surface area is 101 Å². The van der Waals surface area contributed by atoms with Crippen molar-refractivity contribution >= 4 is 5.97 Å². The minimum absolute atomic E-state index is 0.314. The summed E-state index contributed by atoms with van der Waals surface area (Å²) in [5.74, 6) is 0.0804. The van der Waals surface area contributed by atoms with Gasteiger partial charge in [-0.15, -0.1) is 0 Å². The molecule has 0 aliphatic heterocycles. The molecule has 0 unspecified atom stereocenters. The molecule has 0 fully saturated rings. The van der Waals surface area contributed by atoms with E-state index in [1.807, 2.05) is 6.07 Å². The number of aryl methyl sites for hydroxylation is 1. The Kier molecular flexibility index (Phi) is 5.02. The molecule has 0 saturated carbocycles. The molecule has 0 aliphatic rings. The topological polar surface area (TPSA) is 59.3 Å². The third-order valence-corrected chi connectivity index (χ3v) is 2.32. The summed E-state index contributed by atoms with van der Waals surface area (Å²) >= 11 is 0. The van der Waals surface area contributed by atoms with Gasteiger partial charge in [0.25, 0.3) is 0 Å². The molecule has 0 N–H and O–H groups in total. The Hall–Kier alpha value is -2.02. The predicted molar refractivity (Wildman–Crippen MR) is 62.9 cm³/mol. The van der Waals surface area contributed by atoms with E-state index < -0.39 is 5.97 Å². The van der Waals surface area contributed by atoms with Crippen molar-refractivity contribution < 1.29 is 14.3 Å². The molecule has 0 atom stereocenters. The maximum absolute atomic E-state index is 11.8. The molecular weight excluding hydrogens is 218 g/mol. The van der Waals surface area contributed by atoms with E-state index in [-0.39, 0.29) is 0 Å². The van der Waals surface area contributed by atoms with Gasteiger partial charge in [-0.2, -0.15) is 5.26 Å². The van der Waals surface area contributed by atoms with E-state index in [0.717, 1.165) is 5.56 Å². The van der Waals surface area contributed by atoms with Gasteiger partial charge in [0.1, 0.15) is 11.3 Å². The van der Waals surface area contributed by atoms with Crippen LogP contribution in [0.3, 0.4) is 0 Å². The summed E-state index contributed by atoms with van der Waals surface area (Å²) in [6.07, 6.45) is 0.876. The molecule has 1 rings (SSSR count). The van der Waals surface area contributed by atoms with Crippen LogP contribution in [-0.2, 0) is 11.2 Å². The minimum Gasteiger partial charge on any atom is -0.496 e. The molecule has 90 valence electrons. The van der Waals surface area contributed by atoms with Crippen LogP contribution in [0.2, 0.25) is 0 Å². The summed E-state index contributed by atoms with van der Waals surface area (Å²) in [4.78, 5) is 11.8. The molecule has 4 heteroatoms.